The highest BCUT2D eigenvalue weighted by molar-refractivity contribution is 5.14. The van der Waals surface area contributed by atoms with Gasteiger partial charge in [-0.15, -0.1) is 0 Å². The van der Waals surface area contributed by atoms with Crippen molar-refractivity contribution in [1.29, 1.82) is 0 Å². The van der Waals surface area contributed by atoms with Gasteiger partial charge in [0.2, 0.25) is 0 Å². The van der Waals surface area contributed by atoms with Crippen LogP contribution in [0.4, 0.5) is 0 Å². The van der Waals surface area contributed by atoms with Crippen LogP contribution in [0.3, 0.4) is 0 Å². The highest BCUT2D eigenvalue weighted by atomic mass is 15.1. The molecule has 0 bridgehead atoms. The molecule has 0 atom stereocenters. The van der Waals surface area contributed by atoms with Gasteiger partial charge < -0.3 is 4.98 Å². The number of hydrogen-bond donors (Lipinski definition) is 1. The summed E-state index contributed by atoms with van der Waals surface area (Å²) in [5.41, 5.74) is 2.62. The molecule has 0 aromatic carbocycles. The van der Waals surface area contributed by atoms with Crippen molar-refractivity contribution in [1.82, 2.24) is 14.9 Å². The maximum atomic E-state index is 4.35. The number of aromatic nitrogens is 2. The molecule has 1 aliphatic heterocycles. The quantitative estimate of drug-likeness (QED) is 0.786. The Morgan fingerprint density at radius 2 is 2.43 bits per heavy atom. The molecule has 0 unspecified atom stereocenters. The molecule has 3 nitrogen and oxygen atoms in total. The van der Waals surface area contributed by atoms with E-state index >= 15 is 0 Å². The molecule has 14 heavy (non-hydrogen) atoms. The molecule has 2 heterocycles. The molecule has 3 heteroatoms. The Morgan fingerprint density at radius 1 is 1.50 bits per heavy atom. The molecule has 1 aromatic heterocycles. The average molecular weight is 191 g/mol. The molecule has 0 radical (unpaired) electrons. The van der Waals surface area contributed by atoms with E-state index in [1.165, 1.54) is 43.7 Å². The average Bonchev–Trinajstić information content (AvgIpc) is 2.92. The summed E-state index contributed by atoms with van der Waals surface area (Å²) in [6, 6.07) is 0. The second-order valence-electron chi connectivity index (χ2n) is 4.59. The van der Waals surface area contributed by atoms with Crippen molar-refractivity contribution in [3.8, 4) is 0 Å². The molecule has 1 aromatic rings. The van der Waals surface area contributed by atoms with Crippen LogP contribution in [0.25, 0.3) is 0 Å². The Labute approximate surface area is 84.5 Å². The minimum atomic E-state index is 1.05. The Kier molecular flexibility index (Phi) is 2.05. The van der Waals surface area contributed by atoms with Gasteiger partial charge in [-0.05, 0) is 18.9 Å². The van der Waals surface area contributed by atoms with Crippen molar-refractivity contribution in [2.24, 2.45) is 5.92 Å². The van der Waals surface area contributed by atoms with Crippen LogP contribution in [0.5, 0.6) is 0 Å². The van der Waals surface area contributed by atoms with Gasteiger partial charge in [0.1, 0.15) is 0 Å². The van der Waals surface area contributed by atoms with Crippen LogP contribution >= 0.6 is 0 Å². The van der Waals surface area contributed by atoms with Gasteiger partial charge in [0.05, 0.1) is 12.0 Å². The van der Waals surface area contributed by atoms with Gasteiger partial charge in [-0.2, -0.15) is 0 Å². The molecule has 0 amide bonds. The maximum Gasteiger partial charge on any atom is 0.0925 e. The topological polar surface area (TPSA) is 31.9 Å². The van der Waals surface area contributed by atoms with Gasteiger partial charge in [0.25, 0.3) is 0 Å². The maximum absolute atomic E-state index is 4.35. The zero-order chi connectivity index (χ0) is 9.38. The second kappa shape index (κ2) is 3.39. The Hall–Kier alpha value is -0.830. The summed E-state index contributed by atoms with van der Waals surface area (Å²) in [7, 11) is 0. The van der Waals surface area contributed by atoms with Crippen LogP contribution in [0.1, 0.15) is 30.7 Å². The van der Waals surface area contributed by atoms with Crippen molar-refractivity contribution in [2.45, 2.75) is 32.2 Å². The van der Waals surface area contributed by atoms with Gasteiger partial charge in [-0.1, -0.05) is 12.8 Å². The summed E-state index contributed by atoms with van der Waals surface area (Å²) >= 11 is 0. The number of imidazole rings is 1. The number of H-pyrrole nitrogens is 1. The molecule has 0 saturated heterocycles. The van der Waals surface area contributed by atoms with E-state index in [4.69, 9.17) is 0 Å². The van der Waals surface area contributed by atoms with E-state index in [0.29, 0.717) is 0 Å². The number of nitrogens with one attached hydrogen (secondary N) is 1. The molecule has 1 N–H and O–H groups in total. The fraction of sp³-hybridized carbons (Fsp3) is 0.727. The molecule has 76 valence electrons. The van der Waals surface area contributed by atoms with Crippen molar-refractivity contribution in [3.05, 3.63) is 17.7 Å². The first-order valence-electron chi connectivity index (χ1n) is 5.65. The van der Waals surface area contributed by atoms with Gasteiger partial charge in [0.15, 0.2) is 0 Å². The molecular formula is C11H17N3. The summed E-state index contributed by atoms with van der Waals surface area (Å²) in [5, 5.41) is 0. The van der Waals surface area contributed by atoms with Crippen molar-refractivity contribution < 1.29 is 0 Å². The number of hydrogen-bond acceptors (Lipinski definition) is 2. The van der Waals surface area contributed by atoms with Gasteiger partial charge in [0, 0.05) is 25.2 Å². The van der Waals surface area contributed by atoms with E-state index < -0.39 is 0 Å². The monoisotopic (exact) mass is 191 g/mol. The van der Waals surface area contributed by atoms with Crippen LogP contribution in [0.2, 0.25) is 0 Å². The third-order valence-corrected chi connectivity index (χ3v) is 3.41. The lowest BCUT2D eigenvalue weighted by Crippen LogP contribution is -2.31. The van der Waals surface area contributed by atoms with Crippen LogP contribution in [-0.2, 0) is 13.0 Å². The first kappa shape index (κ1) is 8.48. The summed E-state index contributed by atoms with van der Waals surface area (Å²) in [5.74, 6) is 1.05. The van der Waals surface area contributed by atoms with E-state index in [-0.39, 0.29) is 0 Å². The summed E-state index contributed by atoms with van der Waals surface area (Å²) in [6.07, 6.45) is 7.33. The minimum Gasteiger partial charge on any atom is -0.348 e. The number of rotatable bonds is 3. The normalized spacial score (nSPS) is 22.3. The van der Waals surface area contributed by atoms with E-state index in [2.05, 4.69) is 14.9 Å². The third kappa shape index (κ3) is 1.69. The highest BCUT2D eigenvalue weighted by Gasteiger charge is 2.23. The lowest BCUT2D eigenvalue weighted by Gasteiger charge is -2.25. The fourth-order valence-electron chi connectivity index (χ4n) is 2.23. The predicted octanol–water partition coefficient (Wildman–Crippen LogP) is 1.57. The van der Waals surface area contributed by atoms with Crippen molar-refractivity contribution in [3.63, 3.8) is 0 Å². The highest BCUT2D eigenvalue weighted by Crippen LogP contribution is 2.32. The van der Waals surface area contributed by atoms with Crippen molar-refractivity contribution >= 4 is 0 Å². The lowest BCUT2D eigenvalue weighted by molar-refractivity contribution is 0.242. The fourth-order valence-corrected chi connectivity index (χ4v) is 2.23. The zero-order valence-corrected chi connectivity index (χ0v) is 8.50. The Bertz CT molecular complexity index is 314. The molecule has 0 spiro atoms. The van der Waals surface area contributed by atoms with Gasteiger partial charge in [-0.3, -0.25) is 4.90 Å². The second-order valence-corrected chi connectivity index (χ2v) is 4.59. The van der Waals surface area contributed by atoms with Crippen LogP contribution < -0.4 is 0 Å². The molecule has 2 aliphatic rings. The first-order chi connectivity index (χ1) is 6.92. The summed E-state index contributed by atoms with van der Waals surface area (Å²) in [4.78, 5) is 10.1. The summed E-state index contributed by atoms with van der Waals surface area (Å²) < 4.78 is 0. The van der Waals surface area contributed by atoms with E-state index in [1.54, 1.807) is 0 Å². The molecule has 1 saturated carbocycles. The lowest BCUT2D eigenvalue weighted by atomic mass is 10.1. The van der Waals surface area contributed by atoms with E-state index in [1.807, 2.05) is 6.33 Å². The number of aromatic amines is 1. The molecule has 1 fully saturated rings. The first-order valence-corrected chi connectivity index (χ1v) is 5.65. The summed E-state index contributed by atoms with van der Waals surface area (Å²) in [6.45, 7) is 3.55. The van der Waals surface area contributed by atoms with Crippen LogP contribution in [0.15, 0.2) is 6.33 Å². The van der Waals surface area contributed by atoms with E-state index in [9.17, 15) is 0 Å². The zero-order valence-electron chi connectivity index (χ0n) is 8.50. The molecular weight excluding hydrogens is 174 g/mol. The minimum absolute atomic E-state index is 1.05. The Morgan fingerprint density at radius 3 is 3.29 bits per heavy atom. The van der Waals surface area contributed by atoms with Crippen LogP contribution in [0, 0.1) is 5.92 Å². The van der Waals surface area contributed by atoms with Gasteiger partial charge in [-0.25, -0.2) is 4.98 Å². The standard InChI is InChI=1S/C11H17N3/c1-2-9(1)3-5-14-6-4-10-11(7-14)13-8-12-10/h8-9H,1-7H2,(H,12,13). The number of nitrogens with zero attached hydrogens (tertiary/aromatic N) is 2. The van der Waals surface area contributed by atoms with Crippen LogP contribution in [-0.4, -0.2) is 28.0 Å². The predicted molar refractivity (Wildman–Crippen MR) is 54.9 cm³/mol. The number of fused-ring (bicyclic) bond motifs is 1. The van der Waals surface area contributed by atoms with Gasteiger partial charge >= 0.3 is 0 Å². The molecule has 3 rings (SSSR count). The third-order valence-electron chi connectivity index (χ3n) is 3.41. The van der Waals surface area contributed by atoms with Crippen molar-refractivity contribution in [2.75, 3.05) is 13.1 Å². The smallest absolute Gasteiger partial charge is 0.0925 e. The largest absolute Gasteiger partial charge is 0.348 e. The SMILES string of the molecule is c1nc2c([nH]1)CCN(CCC1CC1)C2. The van der Waals surface area contributed by atoms with E-state index in [0.717, 1.165) is 18.9 Å². The molecule has 1 aliphatic carbocycles. The Balaban J connectivity index is 1.57.